The Bertz CT molecular complexity index is 1250. The van der Waals surface area contributed by atoms with Gasteiger partial charge in [0.2, 0.25) is 5.91 Å². The van der Waals surface area contributed by atoms with E-state index in [0.717, 1.165) is 30.2 Å². The van der Waals surface area contributed by atoms with Crippen molar-refractivity contribution in [3.05, 3.63) is 65.2 Å². The molecule has 38 heavy (non-hydrogen) atoms. The molecule has 0 radical (unpaired) electrons. The zero-order valence-electron chi connectivity index (χ0n) is 22.1. The Kier molecular flexibility index (Phi) is 8.12. The molecule has 0 aliphatic carbocycles. The highest BCUT2D eigenvalue weighted by Crippen LogP contribution is 2.30. The van der Waals surface area contributed by atoms with E-state index in [1.165, 1.54) is 16.9 Å². The zero-order chi connectivity index (χ0) is 26.5. The lowest BCUT2D eigenvalue weighted by atomic mass is 9.94. The number of benzene rings is 2. The van der Waals surface area contributed by atoms with E-state index in [4.69, 9.17) is 4.74 Å². The fraction of sp³-hybridized carbons (Fsp3) is 0.414. The first-order chi connectivity index (χ1) is 18.5. The highest BCUT2D eigenvalue weighted by Gasteiger charge is 2.32. The molecule has 0 bridgehead atoms. The molecule has 0 unspecified atom stereocenters. The quantitative estimate of drug-likeness (QED) is 0.470. The number of anilines is 3. The summed E-state index contributed by atoms with van der Waals surface area (Å²) in [5.41, 5.74) is 3.69. The molecule has 0 saturated carbocycles. The second kappa shape index (κ2) is 11.9. The number of thiazole rings is 1. The second-order valence-corrected chi connectivity index (χ2v) is 10.7. The molecule has 2 saturated heterocycles. The SMILES string of the molecule is CCOc1ccccc1N1CCN(C(=O)C2CCN(C(=O)c3csc(Nc4ccc(C)cc4)n3)CC2)CC1. The Morgan fingerprint density at radius 2 is 1.68 bits per heavy atom. The van der Waals surface area contributed by atoms with E-state index < -0.39 is 0 Å². The molecule has 2 aromatic carbocycles. The van der Waals surface area contributed by atoms with Crippen LogP contribution in [0.3, 0.4) is 0 Å². The van der Waals surface area contributed by atoms with Crippen LogP contribution < -0.4 is 15.0 Å². The van der Waals surface area contributed by atoms with Crippen molar-refractivity contribution in [2.24, 2.45) is 5.92 Å². The maximum Gasteiger partial charge on any atom is 0.273 e. The number of carbonyl (C=O) groups is 2. The van der Waals surface area contributed by atoms with E-state index in [9.17, 15) is 9.59 Å². The van der Waals surface area contributed by atoms with Crippen LogP contribution in [0.1, 0.15) is 35.8 Å². The monoisotopic (exact) mass is 533 g/mol. The first kappa shape index (κ1) is 26.0. The zero-order valence-corrected chi connectivity index (χ0v) is 22.9. The van der Waals surface area contributed by atoms with Crippen LogP contribution in [0.5, 0.6) is 5.75 Å². The molecule has 2 aliphatic heterocycles. The Balaban J connectivity index is 1.10. The third kappa shape index (κ3) is 5.93. The lowest BCUT2D eigenvalue weighted by molar-refractivity contribution is -0.137. The summed E-state index contributed by atoms with van der Waals surface area (Å²) < 4.78 is 5.79. The number of piperazine rings is 1. The number of piperidine rings is 1. The number of aromatic nitrogens is 1. The molecule has 2 fully saturated rings. The molecule has 200 valence electrons. The highest BCUT2D eigenvalue weighted by atomic mass is 32.1. The molecule has 9 heteroatoms. The van der Waals surface area contributed by atoms with Crippen molar-refractivity contribution >= 4 is 39.7 Å². The van der Waals surface area contributed by atoms with Gasteiger partial charge in [-0.3, -0.25) is 9.59 Å². The van der Waals surface area contributed by atoms with E-state index in [0.29, 0.717) is 56.5 Å². The van der Waals surface area contributed by atoms with Crippen LogP contribution >= 0.6 is 11.3 Å². The van der Waals surface area contributed by atoms with Gasteiger partial charge in [0.25, 0.3) is 5.91 Å². The van der Waals surface area contributed by atoms with Gasteiger partial charge >= 0.3 is 0 Å². The van der Waals surface area contributed by atoms with Crippen molar-refractivity contribution in [1.29, 1.82) is 0 Å². The molecule has 2 aliphatic rings. The van der Waals surface area contributed by atoms with Gasteiger partial charge < -0.3 is 24.8 Å². The number of ether oxygens (including phenoxy) is 1. The highest BCUT2D eigenvalue weighted by molar-refractivity contribution is 7.14. The summed E-state index contributed by atoms with van der Waals surface area (Å²) in [5.74, 6) is 1.01. The van der Waals surface area contributed by atoms with Crippen molar-refractivity contribution in [2.45, 2.75) is 26.7 Å². The van der Waals surface area contributed by atoms with Crippen LogP contribution in [-0.2, 0) is 4.79 Å². The molecule has 5 rings (SSSR count). The van der Waals surface area contributed by atoms with Crippen LogP contribution in [0.25, 0.3) is 0 Å². The maximum atomic E-state index is 13.3. The van der Waals surface area contributed by atoms with Crippen LogP contribution in [0, 0.1) is 12.8 Å². The van der Waals surface area contributed by atoms with Gasteiger partial charge in [0, 0.05) is 56.3 Å². The van der Waals surface area contributed by atoms with E-state index in [1.54, 1.807) is 5.38 Å². The Hall–Kier alpha value is -3.59. The largest absolute Gasteiger partial charge is 0.492 e. The number of hydrogen-bond acceptors (Lipinski definition) is 7. The van der Waals surface area contributed by atoms with Crippen molar-refractivity contribution in [3.63, 3.8) is 0 Å². The topological polar surface area (TPSA) is 78.0 Å². The maximum absolute atomic E-state index is 13.3. The minimum atomic E-state index is -0.0642. The summed E-state index contributed by atoms with van der Waals surface area (Å²) >= 11 is 1.42. The normalized spacial score (nSPS) is 16.4. The van der Waals surface area contributed by atoms with E-state index in [1.807, 2.05) is 66.1 Å². The number of para-hydroxylation sites is 2. The molecular formula is C29H35N5O3S. The average Bonchev–Trinajstić information content (AvgIpc) is 3.43. The Morgan fingerprint density at radius 3 is 2.39 bits per heavy atom. The third-order valence-corrected chi connectivity index (χ3v) is 8.01. The number of nitrogens with one attached hydrogen (secondary N) is 1. The number of rotatable bonds is 7. The average molecular weight is 534 g/mol. The van der Waals surface area contributed by atoms with Crippen molar-refractivity contribution in [2.75, 3.05) is 56.1 Å². The Morgan fingerprint density at radius 1 is 0.974 bits per heavy atom. The molecule has 3 heterocycles. The van der Waals surface area contributed by atoms with E-state index >= 15 is 0 Å². The minimum Gasteiger partial charge on any atom is -0.492 e. The molecule has 0 spiro atoms. The molecule has 0 atom stereocenters. The summed E-state index contributed by atoms with van der Waals surface area (Å²) in [5, 5.41) is 5.77. The van der Waals surface area contributed by atoms with E-state index in [-0.39, 0.29) is 17.7 Å². The van der Waals surface area contributed by atoms with Crippen molar-refractivity contribution in [1.82, 2.24) is 14.8 Å². The summed E-state index contributed by atoms with van der Waals surface area (Å²) in [6.45, 7) is 8.80. The van der Waals surface area contributed by atoms with E-state index in [2.05, 4.69) is 21.3 Å². The Labute approximate surface area is 228 Å². The summed E-state index contributed by atoms with van der Waals surface area (Å²) in [6, 6.07) is 16.2. The van der Waals surface area contributed by atoms with Gasteiger partial charge in [-0.2, -0.15) is 0 Å². The van der Waals surface area contributed by atoms with Gasteiger partial charge in [0.05, 0.1) is 12.3 Å². The van der Waals surface area contributed by atoms with Gasteiger partial charge in [-0.25, -0.2) is 4.98 Å². The number of carbonyl (C=O) groups excluding carboxylic acids is 2. The van der Waals surface area contributed by atoms with Gasteiger partial charge in [0.15, 0.2) is 5.13 Å². The molecule has 3 aromatic rings. The summed E-state index contributed by atoms with van der Waals surface area (Å²) in [7, 11) is 0. The second-order valence-electron chi connectivity index (χ2n) is 9.81. The predicted octanol–water partition coefficient (Wildman–Crippen LogP) is 4.79. The van der Waals surface area contributed by atoms with Gasteiger partial charge in [0.1, 0.15) is 11.4 Å². The minimum absolute atomic E-state index is 0.0319. The number of likely N-dealkylation sites (tertiary alicyclic amines) is 1. The fourth-order valence-electron chi connectivity index (χ4n) is 5.10. The standard InChI is InChI=1S/C29H35N5O3S/c1-3-37-26-7-5-4-6-25(26)32-16-18-34(19-17-32)27(35)22-12-14-33(15-13-22)28(36)24-20-38-29(31-24)30-23-10-8-21(2)9-11-23/h4-11,20,22H,3,12-19H2,1-2H3,(H,30,31). The lowest BCUT2D eigenvalue weighted by Crippen LogP contribution is -2.52. The number of hydrogen-bond donors (Lipinski definition) is 1. The number of amides is 2. The smallest absolute Gasteiger partial charge is 0.273 e. The van der Waals surface area contributed by atoms with Gasteiger partial charge in [-0.15, -0.1) is 11.3 Å². The molecule has 1 aromatic heterocycles. The van der Waals surface area contributed by atoms with Gasteiger partial charge in [-0.05, 0) is 51.0 Å². The molecule has 1 N–H and O–H groups in total. The van der Waals surface area contributed by atoms with Crippen LogP contribution in [-0.4, -0.2) is 72.5 Å². The molecule has 2 amide bonds. The fourth-order valence-corrected chi connectivity index (χ4v) is 5.81. The van der Waals surface area contributed by atoms with Crippen molar-refractivity contribution < 1.29 is 14.3 Å². The van der Waals surface area contributed by atoms with Crippen LogP contribution in [0.15, 0.2) is 53.9 Å². The van der Waals surface area contributed by atoms with Crippen molar-refractivity contribution in [3.8, 4) is 5.75 Å². The first-order valence-corrected chi connectivity index (χ1v) is 14.2. The number of aryl methyl sites for hydroxylation is 1. The van der Waals surface area contributed by atoms with Crippen LogP contribution in [0.2, 0.25) is 0 Å². The molecule has 8 nitrogen and oxygen atoms in total. The number of nitrogens with zero attached hydrogens (tertiary/aromatic N) is 4. The third-order valence-electron chi connectivity index (χ3n) is 7.25. The van der Waals surface area contributed by atoms with Gasteiger partial charge in [-0.1, -0.05) is 29.8 Å². The predicted molar refractivity (Wildman–Crippen MR) is 152 cm³/mol. The van der Waals surface area contributed by atoms with Crippen LogP contribution in [0.4, 0.5) is 16.5 Å². The summed E-state index contributed by atoms with van der Waals surface area (Å²) in [4.78, 5) is 37.0. The summed E-state index contributed by atoms with van der Waals surface area (Å²) in [6.07, 6.45) is 1.38. The first-order valence-electron chi connectivity index (χ1n) is 13.4. The lowest BCUT2D eigenvalue weighted by Gasteiger charge is -2.39. The molecular weight excluding hydrogens is 498 g/mol.